The first-order valence-corrected chi connectivity index (χ1v) is 5.99. The lowest BCUT2D eigenvalue weighted by Crippen LogP contribution is -2.17. The number of hydrogen-bond donors (Lipinski definition) is 1. The van der Waals surface area contributed by atoms with Crippen LogP contribution in [0.15, 0.2) is 30.5 Å². The predicted molar refractivity (Wildman–Crippen MR) is 74.3 cm³/mol. The van der Waals surface area contributed by atoms with Crippen molar-refractivity contribution in [3.8, 4) is 0 Å². The van der Waals surface area contributed by atoms with Gasteiger partial charge in [-0.2, -0.15) is 5.10 Å². The van der Waals surface area contributed by atoms with Gasteiger partial charge in [-0.25, -0.2) is 0 Å². The van der Waals surface area contributed by atoms with Crippen LogP contribution in [0.5, 0.6) is 0 Å². The Hall–Kier alpha value is -3.03. The number of Topliss-reactive ketones (excluding diaryl/α,β-unsaturated/α-hetero) is 1. The molecular weight excluding hydrogens is 276 g/mol. The van der Waals surface area contributed by atoms with Crippen LogP contribution in [0.3, 0.4) is 0 Å². The van der Waals surface area contributed by atoms with E-state index >= 15 is 0 Å². The first kappa shape index (κ1) is 14.4. The molecule has 2 aromatic rings. The molecule has 0 radical (unpaired) electrons. The summed E-state index contributed by atoms with van der Waals surface area (Å²) in [5.41, 5.74) is 0.436. The maximum absolute atomic E-state index is 12.1. The molecule has 0 unspecified atom stereocenters. The van der Waals surface area contributed by atoms with Crippen molar-refractivity contribution in [3.05, 3.63) is 51.8 Å². The number of aryl methyl sites for hydroxylation is 1. The number of rotatable bonds is 4. The third-order valence-electron chi connectivity index (χ3n) is 2.88. The van der Waals surface area contributed by atoms with Crippen LogP contribution in [0.2, 0.25) is 0 Å². The van der Waals surface area contributed by atoms with E-state index in [2.05, 4.69) is 10.4 Å². The number of anilines is 1. The highest BCUT2D eigenvalue weighted by Gasteiger charge is 2.25. The molecule has 1 N–H and O–H groups in total. The SMILES string of the molecule is CC(=O)c1ccc(NC(=O)c2c([N+](=O)[O-])cnn2C)cc1. The molecule has 0 saturated heterocycles. The fourth-order valence-corrected chi connectivity index (χ4v) is 1.80. The fourth-order valence-electron chi connectivity index (χ4n) is 1.80. The lowest BCUT2D eigenvalue weighted by molar-refractivity contribution is -0.385. The van der Waals surface area contributed by atoms with E-state index in [1.165, 1.54) is 14.0 Å². The van der Waals surface area contributed by atoms with Gasteiger partial charge in [-0.05, 0) is 31.2 Å². The molecule has 108 valence electrons. The zero-order valence-corrected chi connectivity index (χ0v) is 11.4. The molecular formula is C13H12N4O4. The summed E-state index contributed by atoms with van der Waals surface area (Å²) in [4.78, 5) is 33.4. The second-order valence-corrected chi connectivity index (χ2v) is 4.35. The van der Waals surface area contributed by atoms with Crippen molar-refractivity contribution in [1.29, 1.82) is 0 Å². The summed E-state index contributed by atoms with van der Waals surface area (Å²) in [6.07, 6.45) is 1.02. The summed E-state index contributed by atoms with van der Waals surface area (Å²) in [5, 5.41) is 17.1. The molecule has 0 aliphatic rings. The summed E-state index contributed by atoms with van der Waals surface area (Å²) in [7, 11) is 1.45. The van der Waals surface area contributed by atoms with E-state index in [1.54, 1.807) is 24.3 Å². The Morgan fingerprint density at radius 1 is 1.29 bits per heavy atom. The van der Waals surface area contributed by atoms with Crippen LogP contribution in [0, 0.1) is 10.1 Å². The molecule has 1 heterocycles. The minimum absolute atomic E-state index is 0.0878. The van der Waals surface area contributed by atoms with Gasteiger partial charge in [0, 0.05) is 18.3 Å². The Balaban J connectivity index is 2.24. The number of carbonyl (C=O) groups excluding carboxylic acids is 2. The molecule has 8 nitrogen and oxygen atoms in total. The largest absolute Gasteiger partial charge is 0.320 e. The van der Waals surface area contributed by atoms with Gasteiger partial charge >= 0.3 is 5.69 Å². The van der Waals surface area contributed by atoms with Crippen LogP contribution in [0.25, 0.3) is 0 Å². The van der Waals surface area contributed by atoms with Gasteiger partial charge < -0.3 is 5.32 Å². The monoisotopic (exact) mass is 288 g/mol. The van der Waals surface area contributed by atoms with Gasteiger partial charge in [-0.3, -0.25) is 24.4 Å². The normalized spacial score (nSPS) is 10.2. The maximum Gasteiger partial charge on any atom is 0.320 e. The Morgan fingerprint density at radius 2 is 1.90 bits per heavy atom. The van der Waals surface area contributed by atoms with Gasteiger partial charge in [0.2, 0.25) is 5.69 Å². The van der Waals surface area contributed by atoms with Gasteiger partial charge in [0.15, 0.2) is 5.78 Å². The van der Waals surface area contributed by atoms with Crippen LogP contribution < -0.4 is 5.32 Å². The van der Waals surface area contributed by atoms with Gasteiger partial charge in [0.1, 0.15) is 6.20 Å². The number of nitrogens with zero attached hydrogens (tertiary/aromatic N) is 3. The topological polar surface area (TPSA) is 107 Å². The highest BCUT2D eigenvalue weighted by Crippen LogP contribution is 2.19. The Bertz CT molecular complexity index is 718. The average Bonchev–Trinajstić information content (AvgIpc) is 2.81. The molecule has 21 heavy (non-hydrogen) atoms. The number of nitro groups is 1. The van der Waals surface area contributed by atoms with Crippen molar-refractivity contribution >= 4 is 23.1 Å². The fraction of sp³-hybridized carbons (Fsp3) is 0.154. The molecule has 8 heteroatoms. The summed E-state index contributed by atoms with van der Waals surface area (Å²) in [6.45, 7) is 1.44. The number of ketones is 1. The van der Waals surface area contributed by atoms with E-state index in [0.29, 0.717) is 11.3 Å². The number of amides is 1. The minimum atomic E-state index is -0.666. The smallest absolute Gasteiger partial charge is 0.320 e. The molecule has 0 saturated carbocycles. The number of carbonyl (C=O) groups is 2. The highest BCUT2D eigenvalue weighted by molar-refractivity contribution is 6.06. The van der Waals surface area contributed by atoms with Crippen molar-refractivity contribution in [1.82, 2.24) is 9.78 Å². The lowest BCUT2D eigenvalue weighted by atomic mass is 10.1. The van der Waals surface area contributed by atoms with Crippen molar-refractivity contribution in [2.45, 2.75) is 6.92 Å². The molecule has 1 aromatic carbocycles. The molecule has 0 spiro atoms. The third kappa shape index (κ3) is 2.94. The van der Waals surface area contributed by atoms with Crippen molar-refractivity contribution in [2.24, 2.45) is 7.05 Å². The Kier molecular flexibility index (Phi) is 3.79. The Morgan fingerprint density at radius 3 is 2.43 bits per heavy atom. The summed E-state index contributed by atoms with van der Waals surface area (Å²) in [6, 6.07) is 6.23. The van der Waals surface area contributed by atoms with Crippen LogP contribution in [0.4, 0.5) is 11.4 Å². The van der Waals surface area contributed by atoms with E-state index < -0.39 is 10.8 Å². The van der Waals surface area contributed by atoms with Gasteiger partial charge in [-0.15, -0.1) is 0 Å². The van der Waals surface area contributed by atoms with E-state index in [0.717, 1.165) is 10.9 Å². The summed E-state index contributed by atoms with van der Waals surface area (Å²) < 4.78 is 1.14. The van der Waals surface area contributed by atoms with E-state index in [1.807, 2.05) is 0 Å². The third-order valence-corrected chi connectivity index (χ3v) is 2.88. The Labute approximate surface area is 119 Å². The second kappa shape index (κ2) is 5.53. The average molecular weight is 288 g/mol. The van der Waals surface area contributed by atoms with Crippen LogP contribution in [0.1, 0.15) is 27.8 Å². The van der Waals surface area contributed by atoms with Crippen molar-refractivity contribution in [2.75, 3.05) is 5.32 Å². The van der Waals surface area contributed by atoms with Gasteiger partial charge in [0.25, 0.3) is 5.91 Å². The van der Waals surface area contributed by atoms with E-state index in [9.17, 15) is 19.7 Å². The van der Waals surface area contributed by atoms with E-state index in [4.69, 9.17) is 0 Å². The molecule has 0 aliphatic heterocycles. The molecule has 0 aliphatic carbocycles. The first-order chi connectivity index (χ1) is 9.90. The lowest BCUT2D eigenvalue weighted by Gasteiger charge is -2.05. The number of aromatic nitrogens is 2. The quantitative estimate of drug-likeness (QED) is 0.524. The van der Waals surface area contributed by atoms with Crippen molar-refractivity contribution < 1.29 is 14.5 Å². The number of benzene rings is 1. The number of hydrogen-bond acceptors (Lipinski definition) is 5. The highest BCUT2D eigenvalue weighted by atomic mass is 16.6. The summed E-state index contributed by atoms with van der Waals surface area (Å²) in [5.74, 6) is -0.729. The van der Waals surface area contributed by atoms with Gasteiger partial charge in [-0.1, -0.05) is 0 Å². The van der Waals surface area contributed by atoms with Gasteiger partial charge in [0.05, 0.1) is 4.92 Å². The zero-order valence-electron chi connectivity index (χ0n) is 11.4. The minimum Gasteiger partial charge on any atom is -0.320 e. The van der Waals surface area contributed by atoms with Crippen LogP contribution >= 0.6 is 0 Å². The molecule has 1 amide bonds. The van der Waals surface area contributed by atoms with Crippen LogP contribution in [-0.2, 0) is 7.05 Å². The number of nitrogens with one attached hydrogen (secondary N) is 1. The standard InChI is InChI=1S/C13H12N4O4/c1-8(18)9-3-5-10(6-4-9)15-13(19)12-11(17(20)21)7-14-16(12)2/h3-7H,1-2H3,(H,15,19). The van der Waals surface area contributed by atoms with Crippen molar-refractivity contribution in [3.63, 3.8) is 0 Å². The molecule has 1 aromatic heterocycles. The first-order valence-electron chi connectivity index (χ1n) is 5.99. The second-order valence-electron chi connectivity index (χ2n) is 4.35. The molecule has 2 rings (SSSR count). The molecule has 0 atom stereocenters. The van der Waals surface area contributed by atoms with Crippen LogP contribution in [-0.4, -0.2) is 26.4 Å². The molecule has 0 fully saturated rings. The van der Waals surface area contributed by atoms with E-state index in [-0.39, 0.29) is 17.2 Å². The zero-order chi connectivity index (χ0) is 15.6. The predicted octanol–water partition coefficient (Wildman–Crippen LogP) is 1.78. The maximum atomic E-state index is 12.1. The molecule has 0 bridgehead atoms. The summed E-state index contributed by atoms with van der Waals surface area (Å²) >= 11 is 0.